The fourth-order valence-electron chi connectivity index (χ4n) is 2.51. The van der Waals surface area contributed by atoms with Gasteiger partial charge in [0.25, 0.3) is 0 Å². The van der Waals surface area contributed by atoms with Gasteiger partial charge in [-0.25, -0.2) is 9.78 Å². The van der Waals surface area contributed by atoms with Crippen molar-refractivity contribution in [3.05, 3.63) is 23.0 Å². The highest BCUT2D eigenvalue weighted by atomic mass is 35.5. The minimum Gasteiger partial charge on any atom is -0.475 e. The van der Waals surface area contributed by atoms with Crippen LogP contribution >= 0.6 is 11.6 Å². The molecule has 0 spiro atoms. The van der Waals surface area contributed by atoms with Crippen LogP contribution in [-0.2, 0) is 9.59 Å². The van der Waals surface area contributed by atoms with E-state index in [1.807, 2.05) is 6.92 Å². The average Bonchev–Trinajstić information content (AvgIpc) is 3.13. The van der Waals surface area contributed by atoms with Gasteiger partial charge in [-0.15, -0.1) is 0 Å². The number of benzene rings is 1. The molecule has 1 amide bonds. The summed E-state index contributed by atoms with van der Waals surface area (Å²) in [5.74, 6) is -2.26. The van der Waals surface area contributed by atoms with Crippen molar-refractivity contribution >= 4 is 40.3 Å². The van der Waals surface area contributed by atoms with Crippen molar-refractivity contribution in [1.82, 2.24) is 10.3 Å². The Balaban J connectivity index is 0.000000321. The number of carboxylic acids is 1. The molecule has 11 heteroatoms. The van der Waals surface area contributed by atoms with Gasteiger partial charge in [-0.1, -0.05) is 11.6 Å². The van der Waals surface area contributed by atoms with Gasteiger partial charge in [0, 0.05) is 13.0 Å². The van der Waals surface area contributed by atoms with Gasteiger partial charge in [0.05, 0.1) is 16.2 Å². The molecule has 1 atom stereocenters. The predicted octanol–water partition coefficient (Wildman–Crippen LogP) is 3.50. The van der Waals surface area contributed by atoms with Gasteiger partial charge < -0.3 is 20.2 Å². The molecule has 2 aromatic rings. The molecule has 0 bridgehead atoms. The van der Waals surface area contributed by atoms with Crippen LogP contribution in [0, 0.1) is 6.92 Å². The van der Waals surface area contributed by atoms with E-state index in [1.165, 1.54) is 0 Å². The monoisotopic (exact) mass is 407 g/mol. The Bertz CT molecular complexity index is 860. The van der Waals surface area contributed by atoms with Crippen LogP contribution in [0.5, 0.6) is 0 Å². The molecule has 7 nitrogen and oxygen atoms in total. The number of hydrogen-bond acceptors (Lipinski definition) is 5. The van der Waals surface area contributed by atoms with Gasteiger partial charge >= 0.3 is 12.1 Å². The van der Waals surface area contributed by atoms with Crippen molar-refractivity contribution in [2.45, 2.75) is 38.4 Å². The van der Waals surface area contributed by atoms with Crippen LogP contribution in [0.25, 0.3) is 11.1 Å². The number of carbonyl (C=O) groups excluding carboxylic acids is 1. The molecule has 2 heterocycles. The number of aryl methyl sites for hydroxylation is 1. The number of amides is 1. The van der Waals surface area contributed by atoms with Crippen LogP contribution in [0.2, 0.25) is 5.02 Å². The lowest BCUT2D eigenvalue weighted by atomic mass is 9.99. The number of nitrogens with one attached hydrogen (secondary N) is 2. The number of carboxylic acid groups (broad SMARTS) is 1. The molecule has 1 aliphatic heterocycles. The number of anilines is 1. The summed E-state index contributed by atoms with van der Waals surface area (Å²) in [5.41, 5.74) is 1.33. The topological polar surface area (TPSA) is 104 Å². The summed E-state index contributed by atoms with van der Waals surface area (Å²) in [4.78, 5) is 25.5. The van der Waals surface area contributed by atoms with Crippen LogP contribution in [-0.4, -0.2) is 40.2 Å². The highest BCUT2D eigenvalue weighted by molar-refractivity contribution is 6.34. The van der Waals surface area contributed by atoms with Crippen LogP contribution < -0.4 is 10.6 Å². The number of aliphatic carboxylic acids is 1. The summed E-state index contributed by atoms with van der Waals surface area (Å²) in [6.45, 7) is 4.54. The number of fused-ring (bicyclic) bond motifs is 1. The quantitative estimate of drug-likeness (QED) is 0.703. The van der Waals surface area contributed by atoms with Crippen molar-refractivity contribution < 1.29 is 32.3 Å². The Morgan fingerprint density at radius 3 is 2.56 bits per heavy atom. The van der Waals surface area contributed by atoms with Gasteiger partial charge in [0.15, 0.2) is 11.5 Å². The third kappa shape index (κ3) is 5.10. The molecular formula is C16H17ClF3N3O4. The molecule has 148 valence electrons. The molecule has 1 unspecified atom stereocenters. The van der Waals surface area contributed by atoms with E-state index in [1.54, 1.807) is 19.1 Å². The summed E-state index contributed by atoms with van der Waals surface area (Å²) >= 11 is 6.19. The lowest BCUT2D eigenvalue weighted by Gasteiger charge is -2.23. The molecule has 1 aliphatic rings. The number of hydrogen-bond donors (Lipinski definition) is 3. The maximum atomic E-state index is 12.4. The zero-order valence-corrected chi connectivity index (χ0v) is 15.2. The molecule has 0 saturated carbocycles. The van der Waals surface area contributed by atoms with E-state index in [0.29, 0.717) is 27.7 Å². The third-order valence-electron chi connectivity index (χ3n) is 3.94. The highest BCUT2D eigenvalue weighted by Gasteiger charge is 2.38. The fourth-order valence-corrected chi connectivity index (χ4v) is 2.71. The van der Waals surface area contributed by atoms with Crippen LogP contribution in [0.4, 0.5) is 18.9 Å². The Morgan fingerprint density at radius 1 is 1.41 bits per heavy atom. The van der Waals surface area contributed by atoms with Crippen molar-refractivity contribution in [2.75, 3.05) is 11.9 Å². The summed E-state index contributed by atoms with van der Waals surface area (Å²) < 4.78 is 37.2. The van der Waals surface area contributed by atoms with Crippen molar-refractivity contribution in [2.24, 2.45) is 0 Å². The molecule has 1 aromatic heterocycles. The number of rotatable bonds is 2. The van der Waals surface area contributed by atoms with Gasteiger partial charge in [-0.05, 0) is 32.4 Å². The molecule has 27 heavy (non-hydrogen) atoms. The zero-order valence-electron chi connectivity index (χ0n) is 14.4. The first-order valence-corrected chi connectivity index (χ1v) is 8.23. The Labute approximate surface area is 156 Å². The van der Waals surface area contributed by atoms with E-state index >= 15 is 0 Å². The van der Waals surface area contributed by atoms with Crippen molar-refractivity contribution in [3.63, 3.8) is 0 Å². The van der Waals surface area contributed by atoms with Crippen LogP contribution in [0.15, 0.2) is 16.5 Å². The minimum atomic E-state index is -5.08. The SMILES string of the molecule is Cc1nc2cc(Cl)c(NC(=O)C3(C)CCCN3)cc2o1.O=C(O)C(F)(F)F. The van der Waals surface area contributed by atoms with E-state index in [4.69, 9.17) is 25.9 Å². The smallest absolute Gasteiger partial charge is 0.475 e. The van der Waals surface area contributed by atoms with Gasteiger partial charge in [-0.3, -0.25) is 4.79 Å². The number of aromatic nitrogens is 1. The predicted molar refractivity (Wildman–Crippen MR) is 91.7 cm³/mol. The Morgan fingerprint density at radius 2 is 2.04 bits per heavy atom. The van der Waals surface area contributed by atoms with Crippen LogP contribution in [0.1, 0.15) is 25.7 Å². The summed E-state index contributed by atoms with van der Waals surface area (Å²) in [6.07, 6.45) is -3.27. The van der Waals surface area contributed by atoms with Crippen molar-refractivity contribution in [3.8, 4) is 0 Å². The number of halogens is 4. The van der Waals surface area contributed by atoms with E-state index < -0.39 is 17.7 Å². The Kier molecular flexibility index (Phi) is 6.01. The second-order valence-corrected chi connectivity index (χ2v) is 6.56. The molecule has 1 aromatic carbocycles. The Hall–Kier alpha value is -2.33. The van der Waals surface area contributed by atoms with Crippen molar-refractivity contribution in [1.29, 1.82) is 0 Å². The van der Waals surface area contributed by atoms with E-state index in [9.17, 15) is 18.0 Å². The standard InChI is InChI=1S/C14H16ClN3O2.C2HF3O2/c1-8-17-11-6-9(15)10(7-12(11)20-8)18-13(19)14(2)4-3-5-16-14;3-2(4,5)1(6)7/h6-7,16H,3-5H2,1-2H3,(H,18,19);(H,6,7). The second kappa shape index (κ2) is 7.73. The van der Waals surface area contributed by atoms with Gasteiger partial charge in [-0.2, -0.15) is 13.2 Å². The number of nitrogens with zero attached hydrogens (tertiary/aromatic N) is 1. The summed E-state index contributed by atoms with van der Waals surface area (Å²) in [6, 6.07) is 3.42. The second-order valence-electron chi connectivity index (χ2n) is 6.15. The maximum Gasteiger partial charge on any atom is 0.490 e. The third-order valence-corrected chi connectivity index (χ3v) is 4.26. The molecular weight excluding hydrogens is 391 g/mol. The molecule has 1 fully saturated rings. The number of oxazole rings is 1. The first-order valence-electron chi connectivity index (χ1n) is 7.86. The van der Waals surface area contributed by atoms with E-state index in [2.05, 4.69) is 15.6 Å². The fraction of sp³-hybridized carbons (Fsp3) is 0.438. The number of alkyl halides is 3. The molecule has 1 saturated heterocycles. The molecule has 3 rings (SSSR count). The minimum absolute atomic E-state index is 0.0764. The highest BCUT2D eigenvalue weighted by Crippen LogP contribution is 2.30. The van der Waals surface area contributed by atoms with Gasteiger partial charge in [0.2, 0.25) is 5.91 Å². The lowest BCUT2D eigenvalue weighted by Crippen LogP contribution is -2.48. The molecule has 0 radical (unpaired) electrons. The largest absolute Gasteiger partial charge is 0.490 e. The zero-order chi connectivity index (χ0) is 20.4. The molecule has 3 N–H and O–H groups in total. The lowest BCUT2D eigenvalue weighted by molar-refractivity contribution is -0.192. The summed E-state index contributed by atoms with van der Waals surface area (Å²) in [5, 5.41) is 13.7. The molecule has 0 aliphatic carbocycles. The first-order chi connectivity index (χ1) is 12.4. The average molecular weight is 408 g/mol. The van der Waals surface area contributed by atoms with Gasteiger partial charge in [0.1, 0.15) is 5.52 Å². The van der Waals surface area contributed by atoms with E-state index in [-0.39, 0.29) is 5.91 Å². The van der Waals surface area contributed by atoms with Crippen LogP contribution in [0.3, 0.4) is 0 Å². The normalized spacial score (nSPS) is 19.5. The van der Waals surface area contributed by atoms with E-state index in [0.717, 1.165) is 19.4 Å². The first kappa shape index (κ1) is 21.0. The summed E-state index contributed by atoms with van der Waals surface area (Å²) in [7, 11) is 0. The number of carbonyl (C=O) groups is 2. The maximum absolute atomic E-state index is 12.4.